The Bertz CT molecular complexity index is 1310. The molecule has 4 aromatic rings. The first kappa shape index (κ1) is 26.5. The number of rotatable bonds is 10. The summed E-state index contributed by atoms with van der Waals surface area (Å²) in [5, 5.41) is 0.627. The van der Waals surface area contributed by atoms with E-state index in [-0.39, 0.29) is 11.9 Å². The van der Waals surface area contributed by atoms with E-state index in [0.717, 1.165) is 49.3 Å². The normalized spacial score (nSPS) is 15.0. The molecule has 1 aliphatic rings. The van der Waals surface area contributed by atoms with Gasteiger partial charge in [-0.2, -0.15) is 0 Å². The number of carbonyl (C=O) groups is 1. The van der Waals surface area contributed by atoms with Crippen LogP contribution in [0.3, 0.4) is 0 Å². The maximum atomic E-state index is 14.0. The van der Waals surface area contributed by atoms with E-state index in [0.29, 0.717) is 23.6 Å². The van der Waals surface area contributed by atoms with Crippen LogP contribution in [0.2, 0.25) is 5.02 Å². The van der Waals surface area contributed by atoms with Gasteiger partial charge in [0.15, 0.2) is 0 Å². The van der Waals surface area contributed by atoms with Crippen molar-refractivity contribution in [3.8, 4) is 0 Å². The highest BCUT2D eigenvalue weighted by atomic mass is 35.5. The topological polar surface area (TPSA) is 52.2 Å². The first-order valence-corrected chi connectivity index (χ1v) is 14.3. The van der Waals surface area contributed by atoms with E-state index in [2.05, 4.69) is 41.1 Å². The third-order valence-corrected chi connectivity index (χ3v) is 7.83. The maximum absolute atomic E-state index is 14.0. The van der Waals surface area contributed by atoms with Crippen LogP contribution in [0.15, 0.2) is 72.8 Å². The number of piperidine rings is 1. The molecule has 2 heterocycles. The molecule has 0 spiro atoms. The lowest BCUT2D eigenvalue weighted by Gasteiger charge is -2.32. The SMILES string of the molecule is CCCCN(C(=O)c1ccc(Cl)cc1)C(Cc1ccccc1CN1CCCCC1)c1nc2ccccc2[nH]1. The van der Waals surface area contributed by atoms with Gasteiger partial charge in [-0.25, -0.2) is 4.98 Å². The number of para-hydroxylation sites is 2. The molecule has 1 aliphatic heterocycles. The molecule has 5 rings (SSSR count). The second-order valence-electron chi connectivity index (χ2n) is 10.3. The molecular weight excluding hydrogens is 492 g/mol. The highest BCUT2D eigenvalue weighted by molar-refractivity contribution is 6.30. The van der Waals surface area contributed by atoms with E-state index in [1.54, 1.807) is 12.1 Å². The Kier molecular flexibility index (Phi) is 8.77. The van der Waals surface area contributed by atoms with Crippen LogP contribution in [0, 0.1) is 0 Å². The van der Waals surface area contributed by atoms with Gasteiger partial charge in [0.2, 0.25) is 0 Å². The van der Waals surface area contributed by atoms with Gasteiger partial charge in [-0.05, 0) is 79.9 Å². The molecule has 1 atom stereocenters. The third-order valence-electron chi connectivity index (χ3n) is 7.58. The summed E-state index contributed by atoms with van der Waals surface area (Å²) < 4.78 is 0. The van der Waals surface area contributed by atoms with E-state index in [1.807, 2.05) is 41.3 Å². The van der Waals surface area contributed by atoms with E-state index in [1.165, 1.54) is 30.4 Å². The lowest BCUT2D eigenvalue weighted by Crippen LogP contribution is -2.38. The minimum atomic E-state index is -0.223. The number of nitrogens with zero attached hydrogens (tertiary/aromatic N) is 3. The van der Waals surface area contributed by atoms with Gasteiger partial charge in [0.1, 0.15) is 5.82 Å². The molecule has 0 bridgehead atoms. The number of carbonyl (C=O) groups excluding carboxylic acids is 1. The number of hydrogen-bond donors (Lipinski definition) is 1. The van der Waals surface area contributed by atoms with Crippen molar-refractivity contribution in [1.82, 2.24) is 19.8 Å². The summed E-state index contributed by atoms with van der Waals surface area (Å²) in [4.78, 5) is 27.1. The van der Waals surface area contributed by atoms with Gasteiger partial charge < -0.3 is 9.88 Å². The summed E-state index contributed by atoms with van der Waals surface area (Å²) in [6.07, 6.45) is 6.49. The average Bonchev–Trinajstić information content (AvgIpc) is 3.38. The minimum Gasteiger partial charge on any atom is -0.340 e. The Balaban J connectivity index is 1.53. The van der Waals surface area contributed by atoms with E-state index in [4.69, 9.17) is 16.6 Å². The van der Waals surface area contributed by atoms with E-state index >= 15 is 0 Å². The van der Waals surface area contributed by atoms with Crippen molar-refractivity contribution < 1.29 is 4.79 Å². The number of nitrogens with one attached hydrogen (secondary N) is 1. The predicted molar refractivity (Wildman–Crippen MR) is 156 cm³/mol. The van der Waals surface area contributed by atoms with Crippen molar-refractivity contribution in [2.45, 2.75) is 58.0 Å². The average molecular weight is 529 g/mol. The van der Waals surface area contributed by atoms with Crippen LogP contribution in [0.1, 0.15) is 72.4 Å². The fourth-order valence-corrected chi connectivity index (χ4v) is 5.57. The van der Waals surface area contributed by atoms with Crippen LogP contribution in [-0.2, 0) is 13.0 Å². The zero-order valence-electron chi connectivity index (χ0n) is 22.2. The largest absolute Gasteiger partial charge is 0.340 e. The number of H-pyrrole nitrogens is 1. The van der Waals surface area contributed by atoms with Gasteiger partial charge in [0, 0.05) is 30.1 Å². The highest BCUT2D eigenvalue weighted by Crippen LogP contribution is 2.30. The highest BCUT2D eigenvalue weighted by Gasteiger charge is 2.29. The number of halogens is 1. The molecule has 1 saturated heterocycles. The fourth-order valence-electron chi connectivity index (χ4n) is 5.45. The minimum absolute atomic E-state index is 0.00841. The van der Waals surface area contributed by atoms with E-state index in [9.17, 15) is 4.79 Å². The number of unbranched alkanes of at least 4 members (excludes halogenated alkanes) is 1. The molecule has 1 unspecified atom stereocenters. The molecule has 3 aromatic carbocycles. The molecular formula is C32H37ClN4O. The number of amides is 1. The van der Waals surface area contributed by atoms with Crippen molar-refractivity contribution >= 4 is 28.5 Å². The quantitative estimate of drug-likeness (QED) is 0.233. The van der Waals surface area contributed by atoms with E-state index < -0.39 is 0 Å². The van der Waals surface area contributed by atoms with Gasteiger partial charge in [-0.3, -0.25) is 9.69 Å². The van der Waals surface area contributed by atoms with Gasteiger partial charge in [0.05, 0.1) is 17.1 Å². The molecule has 1 amide bonds. The number of likely N-dealkylation sites (tertiary alicyclic amines) is 1. The summed E-state index contributed by atoms with van der Waals surface area (Å²) in [5.41, 5.74) is 5.17. The molecule has 0 radical (unpaired) electrons. The number of fused-ring (bicyclic) bond motifs is 1. The van der Waals surface area contributed by atoms with Gasteiger partial charge in [-0.15, -0.1) is 0 Å². The molecule has 1 N–H and O–H groups in total. The summed E-state index contributed by atoms with van der Waals surface area (Å²) in [7, 11) is 0. The lowest BCUT2D eigenvalue weighted by molar-refractivity contribution is 0.0663. The predicted octanol–water partition coefficient (Wildman–Crippen LogP) is 7.43. The van der Waals surface area contributed by atoms with Crippen molar-refractivity contribution in [2.24, 2.45) is 0 Å². The van der Waals surface area contributed by atoms with Gasteiger partial charge >= 0.3 is 0 Å². The fraction of sp³-hybridized carbons (Fsp3) is 0.375. The van der Waals surface area contributed by atoms with Crippen LogP contribution in [0.25, 0.3) is 11.0 Å². The van der Waals surface area contributed by atoms with Crippen LogP contribution in [-0.4, -0.2) is 45.3 Å². The summed E-state index contributed by atoms with van der Waals surface area (Å²) in [6.45, 7) is 6.07. The molecule has 198 valence electrons. The standard InChI is InChI=1S/C32H37ClN4O/c1-2-3-21-37(32(38)24-15-17-27(33)18-16-24)30(31-34-28-13-7-8-14-29(28)35-31)22-25-11-5-6-12-26(25)23-36-19-9-4-10-20-36/h5-8,11-18,30H,2-4,9-10,19-23H2,1H3,(H,34,35). The molecule has 0 saturated carbocycles. The maximum Gasteiger partial charge on any atom is 0.254 e. The van der Waals surface area contributed by atoms with Crippen molar-refractivity contribution in [2.75, 3.05) is 19.6 Å². The number of aromatic nitrogens is 2. The van der Waals surface area contributed by atoms with Crippen molar-refractivity contribution in [3.63, 3.8) is 0 Å². The lowest BCUT2D eigenvalue weighted by atomic mass is 9.97. The molecule has 0 aliphatic carbocycles. The Morgan fingerprint density at radius 3 is 2.42 bits per heavy atom. The van der Waals surface area contributed by atoms with Crippen molar-refractivity contribution in [3.05, 3.63) is 100 Å². The molecule has 38 heavy (non-hydrogen) atoms. The first-order chi connectivity index (χ1) is 18.6. The summed E-state index contributed by atoms with van der Waals surface area (Å²) >= 11 is 6.14. The third kappa shape index (κ3) is 6.28. The number of benzene rings is 3. The number of imidazole rings is 1. The molecule has 6 heteroatoms. The molecule has 5 nitrogen and oxygen atoms in total. The Hall–Kier alpha value is -3.15. The number of hydrogen-bond acceptors (Lipinski definition) is 3. The molecule has 1 aromatic heterocycles. The zero-order chi connectivity index (χ0) is 26.3. The van der Waals surface area contributed by atoms with Gasteiger partial charge in [0.25, 0.3) is 5.91 Å². The van der Waals surface area contributed by atoms with Crippen LogP contribution >= 0.6 is 11.6 Å². The Morgan fingerprint density at radius 1 is 0.974 bits per heavy atom. The van der Waals surface area contributed by atoms with Crippen LogP contribution in [0.4, 0.5) is 0 Å². The smallest absolute Gasteiger partial charge is 0.254 e. The Labute approximate surface area is 230 Å². The van der Waals surface area contributed by atoms with Crippen LogP contribution in [0.5, 0.6) is 0 Å². The zero-order valence-corrected chi connectivity index (χ0v) is 23.0. The summed E-state index contributed by atoms with van der Waals surface area (Å²) in [6, 6.07) is 23.8. The van der Waals surface area contributed by atoms with Crippen LogP contribution < -0.4 is 0 Å². The molecule has 1 fully saturated rings. The monoisotopic (exact) mass is 528 g/mol. The number of aromatic amines is 1. The second-order valence-corrected chi connectivity index (χ2v) is 10.8. The van der Waals surface area contributed by atoms with Crippen molar-refractivity contribution in [1.29, 1.82) is 0 Å². The first-order valence-electron chi connectivity index (χ1n) is 13.9. The van der Waals surface area contributed by atoms with Gasteiger partial charge in [-0.1, -0.05) is 67.8 Å². The Morgan fingerprint density at radius 2 is 1.68 bits per heavy atom. The summed E-state index contributed by atoms with van der Waals surface area (Å²) in [5.74, 6) is 0.839. The second kappa shape index (κ2) is 12.6.